The Bertz CT molecular complexity index is 975. The highest BCUT2D eigenvalue weighted by Gasteiger charge is 2.30. The van der Waals surface area contributed by atoms with Crippen LogP contribution in [0.15, 0.2) is 24.3 Å². The minimum atomic E-state index is -0.351. The van der Waals surface area contributed by atoms with Crippen LogP contribution < -0.4 is 5.32 Å². The summed E-state index contributed by atoms with van der Waals surface area (Å²) in [6.45, 7) is 4.24. The van der Waals surface area contributed by atoms with Gasteiger partial charge in [-0.1, -0.05) is 0 Å². The van der Waals surface area contributed by atoms with Crippen molar-refractivity contribution in [1.82, 2.24) is 14.8 Å². The summed E-state index contributed by atoms with van der Waals surface area (Å²) in [6, 6.07) is 5.64. The van der Waals surface area contributed by atoms with E-state index in [-0.39, 0.29) is 30.0 Å². The van der Waals surface area contributed by atoms with E-state index in [1.165, 1.54) is 24.3 Å². The van der Waals surface area contributed by atoms with Crippen molar-refractivity contribution in [2.24, 2.45) is 0 Å². The number of aryl methyl sites for hydroxylation is 1. The fourth-order valence-corrected chi connectivity index (χ4v) is 4.19. The highest BCUT2D eigenvalue weighted by atomic mass is 19.1. The zero-order chi connectivity index (χ0) is 21.3. The topological polar surface area (TPSA) is 85.5 Å². The third kappa shape index (κ3) is 4.14. The smallest absolute Gasteiger partial charge is 0.270 e. The number of benzene rings is 1. The lowest BCUT2D eigenvalue weighted by Gasteiger charge is -2.34. The average Bonchev–Trinajstić information content (AvgIpc) is 3.07. The molecule has 7 nitrogen and oxygen atoms in total. The van der Waals surface area contributed by atoms with Gasteiger partial charge in [0, 0.05) is 49.5 Å². The second kappa shape index (κ2) is 8.39. The molecule has 4 rings (SSSR count). The molecule has 2 N–H and O–H groups in total. The number of aromatic amines is 1. The van der Waals surface area contributed by atoms with Crippen molar-refractivity contribution in [1.29, 1.82) is 0 Å². The molecule has 158 valence electrons. The first kappa shape index (κ1) is 20.3. The summed E-state index contributed by atoms with van der Waals surface area (Å²) in [4.78, 5) is 44.4. The van der Waals surface area contributed by atoms with Gasteiger partial charge in [0.05, 0.1) is 6.54 Å². The molecule has 0 saturated carbocycles. The number of amides is 2. The van der Waals surface area contributed by atoms with Crippen LogP contribution in [-0.4, -0.2) is 65.1 Å². The number of hydrogen-bond acceptors (Lipinski definition) is 4. The van der Waals surface area contributed by atoms with Gasteiger partial charge in [-0.15, -0.1) is 0 Å². The summed E-state index contributed by atoms with van der Waals surface area (Å²) in [5.41, 5.74) is 3.39. The predicted molar refractivity (Wildman–Crippen MR) is 110 cm³/mol. The molecular formula is C22H25FN4O3. The van der Waals surface area contributed by atoms with Crippen molar-refractivity contribution >= 4 is 23.3 Å². The molecule has 1 aliphatic carbocycles. The van der Waals surface area contributed by atoms with Crippen LogP contribution in [0.3, 0.4) is 0 Å². The standard InChI is InChI=1S/C22H25FN4O3/c1-14-20-17(3-2-4-18(20)28)25-21(14)22(30)27-11-9-26(10-12-27)13-19(29)24-16-7-5-15(23)6-8-16/h5-8,25H,2-4,9-13H2,1H3,(H,24,29). The first-order chi connectivity index (χ1) is 14.4. The number of halogens is 1. The molecule has 2 aliphatic rings. The van der Waals surface area contributed by atoms with Crippen molar-refractivity contribution in [3.63, 3.8) is 0 Å². The van der Waals surface area contributed by atoms with Crippen molar-refractivity contribution in [3.8, 4) is 0 Å². The summed E-state index contributed by atoms with van der Waals surface area (Å²) in [5, 5.41) is 2.75. The van der Waals surface area contributed by atoms with E-state index in [1.54, 1.807) is 4.90 Å². The van der Waals surface area contributed by atoms with E-state index in [2.05, 4.69) is 10.3 Å². The van der Waals surface area contributed by atoms with E-state index in [1.807, 2.05) is 11.8 Å². The second-order valence-corrected chi connectivity index (χ2v) is 7.88. The number of nitrogens with one attached hydrogen (secondary N) is 2. The number of anilines is 1. The van der Waals surface area contributed by atoms with Gasteiger partial charge < -0.3 is 15.2 Å². The molecule has 1 fully saturated rings. The molecule has 0 bridgehead atoms. The average molecular weight is 412 g/mol. The van der Waals surface area contributed by atoms with Crippen LogP contribution in [0.5, 0.6) is 0 Å². The van der Waals surface area contributed by atoms with Crippen LogP contribution in [0.2, 0.25) is 0 Å². The molecule has 1 saturated heterocycles. The van der Waals surface area contributed by atoms with Crippen LogP contribution in [0.1, 0.15) is 44.9 Å². The summed E-state index contributed by atoms with van der Waals surface area (Å²) in [6.07, 6.45) is 2.15. The van der Waals surface area contributed by atoms with E-state index >= 15 is 0 Å². The molecule has 0 atom stereocenters. The van der Waals surface area contributed by atoms with Crippen molar-refractivity contribution in [2.75, 3.05) is 38.0 Å². The SMILES string of the molecule is Cc1c(C(=O)N2CCN(CC(=O)Nc3ccc(F)cc3)CC2)[nH]c2c1C(=O)CCC2. The number of carbonyl (C=O) groups is 3. The fourth-order valence-electron chi connectivity index (χ4n) is 4.19. The minimum absolute atomic E-state index is 0.0925. The van der Waals surface area contributed by atoms with Gasteiger partial charge in [-0.3, -0.25) is 19.3 Å². The van der Waals surface area contributed by atoms with Gasteiger partial charge in [-0.25, -0.2) is 4.39 Å². The summed E-state index contributed by atoms with van der Waals surface area (Å²) < 4.78 is 13.0. The lowest BCUT2D eigenvalue weighted by atomic mass is 9.93. The molecule has 1 aromatic heterocycles. The molecule has 0 unspecified atom stereocenters. The van der Waals surface area contributed by atoms with Gasteiger partial charge in [0.25, 0.3) is 5.91 Å². The molecule has 2 amide bonds. The zero-order valence-corrected chi connectivity index (χ0v) is 17.0. The zero-order valence-electron chi connectivity index (χ0n) is 17.0. The Kier molecular flexibility index (Phi) is 5.67. The number of H-pyrrole nitrogens is 1. The minimum Gasteiger partial charge on any atom is -0.354 e. The van der Waals surface area contributed by atoms with E-state index < -0.39 is 0 Å². The van der Waals surface area contributed by atoms with Crippen molar-refractivity contribution in [2.45, 2.75) is 26.2 Å². The van der Waals surface area contributed by atoms with Crippen LogP contribution in [0.4, 0.5) is 10.1 Å². The van der Waals surface area contributed by atoms with Gasteiger partial charge in [0.15, 0.2) is 5.78 Å². The van der Waals surface area contributed by atoms with Crippen LogP contribution in [0.25, 0.3) is 0 Å². The van der Waals surface area contributed by atoms with Gasteiger partial charge in [-0.2, -0.15) is 0 Å². The second-order valence-electron chi connectivity index (χ2n) is 7.88. The number of carbonyl (C=O) groups excluding carboxylic acids is 3. The molecule has 2 heterocycles. The Morgan fingerprint density at radius 1 is 1.10 bits per heavy atom. The summed E-state index contributed by atoms with van der Waals surface area (Å²) in [7, 11) is 0. The number of ketones is 1. The van der Waals surface area contributed by atoms with Gasteiger partial charge in [0.1, 0.15) is 11.5 Å². The van der Waals surface area contributed by atoms with Crippen LogP contribution >= 0.6 is 0 Å². The molecule has 1 aromatic carbocycles. The normalized spacial score (nSPS) is 17.0. The summed E-state index contributed by atoms with van der Waals surface area (Å²) >= 11 is 0. The highest BCUT2D eigenvalue weighted by Crippen LogP contribution is 2.27. The Morgan fingerprint density at radius 3 is 2.47 bits per heavy atom. The maximum Gasteiger partial charge on any atom is 0.270 e. The van der Waals surface area contributed by atoms with Gasteiger partial charge in [-0.05, 0) is 49.6 Å². The Labute approximate surface area is 174 Å². The van der Waals surface area contributed by atoms with E-state index in [0.717, 1.165) is 24.1 Å². The monoisotopic (exact) mass is 412 g/mol. The lowest BCUT2D eigenvalue weighted by Crippen LogP contribution is -2.50. The predicted octanol–water partition coefficient (Wildman–Crippen LogP) is 2.38. The highest BCUT2D eigenvalue weighted by molar-refractivity contribution is 6.04. The Morgan fingerprint density at radius 2 is 1.80 bits per heavy atom. The maximum absolute atomic E-state index is 13.0. The number of aromatic nitrogens is 1. The first-order valence-corrected chi connectivity index (χ1v) is 10.2. The Balaban J connectivity index is 1.32. The molecule has 8 heteroatoms. The van der Waals surface area contributed by atoms with Gasteiger partial charge >= 0.3 is 0 Å². The number of piperazine rings is 1. The summed E-state index contributed by atoms with van der Waals surface area (Å²) in [5.74, 6) is -0.504. The fraction of sp³-hybridized carbons (Fsp3) is 0.409. The molecule has 0 spiro atoms. The number of hydrogen-bond donors (Lipinski definition) is 2. The largest absolute Gasteiger partial charge is 0.354 e. The van der Waals surface area contributed by atoms with E-state index in [0.29, 0.717) is 49.5 Å². The number of rotatable bonds is 4. The lowest BCUT2D eigenvalue weighted by molar-refractivity contribution is -0.117. The first-order valence-electron chi connectivity index (χ1n) is 10.2. The molecule has 2 aromatic rings. The molecule has 0 radical (unpaired) electrons. The Hall–Kier alpha value is -3.00. The third-order valence-corrected chi connectivity index (χ3v) is 5.81. The third-order valence-electron chi connectivity index (χ3n) is 5.81. The molecular weight excluding hydrogens is 387 g/mol. The number of Topliss-reactive ketones (excluding diaryl/α,β-unsaturated/α-hetero) is 1. The van der Waals surface area contributed by atoms with E-state index in [9.17, 15) is 18.8 Å². The van der Waals surface area contributed by atoms with E-state index in [4.69, 9.17) is 0 Å². The van der Waals surface area contributed by atoms with Crippen molar-refractivity contribution in [3.05, 3.63) is 52.6 Å². The van der Waals surface area contributed by atoms with Crippen LogP contribution in [0, 0.1) is 12.7 Å². The van der Waals surface area contributed by atoms with Crippen LogP contribution in [-0.2, 0) is 11.2 Å². The quantitative estimate of drug-likeness (QED) is 0.808. The van der Waals surface area contributed by atoms with Gasteiger partial charge in [0.2, 0.25) is 5.91 Å². The molecule has 30 heavy (non-hydrogen) atoms. The van der Waals surface area contributed by atoms with Crippen molar-refractivity contribution < 1.29 is 18.8 Å². The maximum atomic E-state index is 13.0. The number of nitrogens with zero attached hydrogens (tertiary/aromatic N) is 2. The number of fused-ring (bicyclic) bond motifs is 1. The molecule has 1 aliphatic heterocycles.